The topological polar surface area (TPSA) is 303 Å². The zero-order valence-corrected chi connectivity index (χ0v) is 40.3. The molecule has 350 valence electrons. The average molecular weight is 1050 g/mol. The van der Waals surface area contributed by atoms with Crippen LogP contribution in [0.15, 0.2) is 40.3 Å². The molecule has 3 heterocycles. The summed E-state index contributed by atoms with van der Waals surface area (Å²) in [6.07, 6.45) is 6.78. The maximum Gasteiger partial charge on any atom is 0.355 e. The van der Waals surface area contributed by atoms with Crippen LogP contribution in [0.2, 0.25) is 20.1 Å². The molecule has 32 heteroatoms. The van der Waals surface area contributed by atoms with Gasteiger partial charge in [0, 0.05) is 0 Å². The van der Waals surface area contributed by atoms with E-state index in [4.69, 9.17) is 65.9 Å². The van der Waals surface area contributed by atoms with Gasteiger partial charge in [-0.2, -0.15) is 36.4 Å². The Hall–Kier alpha value is -4.02. The lowest BCUT2D eigenvalue weighted by molar-refractivity contribution is -0.193. The third kappa shape index (κ3) is 16.8. The molecule has 0 amide bonds. The number of benzene rings is 2. The molecular weight excluding hydrogens is 1010 g/mol. The van der Waals surface area contributed by atoms with Gasteiger partial charge in [-0.3, -0.25) is 19.6 Å². The highest BCUT2D eigenvalue weighted by Crippen LogP contribution is 2.35. The summed E-state index contributed by atoms with van der Waals surface area (Å²) < 4.78 is 100. The van der Waals surface area contributed by atoms with Crippen LogP contribution in [0.5, 0.6) is 11.8 Å². The molecule has 5 aromatic rings. The molecule has 0 aliphatic heterocycles. The number of hydrogen-bond acceptors (Lipinski definition) is 15. The molecule has 0 radical (unpaired) electrons. The standard InChI is InChI=1S/C14H13Cl2N5O4S.C11H10Cl2F2N4O3S.C3H8NO5P.C3H9S/c1-7-4-5-8(15)12(11(7)16)20-26(22,23)14-18-13-17-9(24-2)6-10(25-3)21(13)19-14;1-5-16-19(11(20)18(5)10(14)15)9-4-8(17-23(2,21)22)6(12)3-7(9)13;5-3(6)1-4-2-10(7,8)9;1-4(2)3/h4-6,20H,1-3H3;3-4,10,17H,1-2H3;4H,1-2H2,(H,5,6)(H2,7,8,9);1-3H3/q;;;+1/p-1. The van der Waals surface area contributed by atoms with Gasteiger partial charge in [-0.1, -0.05) is 52.5 Å². The second kappa shape index (κ2) is 23.3. The summed E-state index contributed by atoms with van der Waals surface area (Å²) in [5.74, 6) is -1.01. The van der Waals surface area contributed by atoms with E-state index in [9.17, 15) is 44.7 Å². The first-order valence-corrected chi connectivity index (χ1v) is 25.7. The number of ether oxygens (including phenoxy) is 2. The number of fused-ring (bicyclic) bond motifs is 1. The molecule has 3 aromatic heterocycles. The number of carbonyl (C=O) groups is 1. The molecule has 1 atom stereocenters. The van der Waals surface area contributed by atoms with E-state index in [0.29, 0.717) is 21.1 Å². The predicted molar refractivity (Wildman–Crippen MR) is 234 cm³/mol. The van der Waals surface area contributed by atoms with Crippen molar-refractivity contribution in [1.29, 1.82) is 0 Å². The molecule has 63 heavy (non-hydrogen) atoms. The first-order chi connectivity index (χ1) is 28.9. The highest BCUT2D eigenvalue weighted by Gasteiger charge is 2.26. The summed E-state index contributed by atoms with van der Waals surface area (Å²) in [7, 11) is -8.73. The number of carboxylic acids is 1. The molecule has 0 saturated carbocycles. The summed E-state index contributed by atoms with van der Waals surface area (Å²) in [6, 6.07) is 6.96. The highest BCUT2D eigenvalue weighted by molar-refractivity contribution is 7.94. The van der Waals surface area contributed by atoms with E-state index in [1.807, 2.05) is 5.32 Å². The van der Waals surface area contributed by atoms with Crippen LogP contribution in [0.4, 0.5) is 20.2 Å². The number of methoxy groups -OCH3 is 2. The highest BCUT2D eigenvalue weighted by atomic mass is 35.5. The zero-order chi connectivity index (χ0) is 48.4. The number of rotatable bonds is 13. The van der Waals surface area contributed by atoms with E-state index < -0.39 is 63.8 Å². The van der Waals surface area contributed by atoms with E-state index in [2.05, 4.69) is 48.4 Å². The Bertz CT molecular complexity index is 2760. The summed E-state index contributed by atoms with van der Waals surface area (Å²) in [6.45, 7) is -0.604. The zero-order valence-electron chi connectivity index (χ0n) is 33.9. The number of aliphatic carboxylic acids is 1. The summed E-state index contributed by atoms with van der Waals surface area (Å²) >= 11 is 24.0. The van der Waals surface area contributed by atoms with Gasteiger partial charge < -0.3 is 28.9 Å². The van der Waals surface area contributed by atoms with E-state index in [1.165, 1.54) is 39.3 Å². The SMILES string of the molecule is COc1cc(OC)n2nc(S(=O)(=O)Nc3c(Cl)ccc(C)c3Cl)nc2n1.C[S+](C)C.Cc1nn(-c2cc(NS(C)(=O)=O)c(Cl)cc2Cl)c(=O)n1C(F)F.O=C(O)CNCP(=O)([O-])O. The number of alkyl halides is 2. The van der Waals surface area contributed by atoms with Crippen LogP contribution >= 0.6 is 54.0 Å². The Morgan fingerprint density at radius 2 is 1.57 bits per heavy atom. The first kappa shape index (κ1) is 55.1. The minimum atomic E-state index is -4.35. The van der Waals surface area contributed by atoms with E-state index in [1.54, 1.807) is 13.0 Å². The van der Waals surface area contributed by atoms with Crippen molar-refractivity contribution in [1.82, 2.24) is 39.2 Å². The summed E-state index contributed by atoms with van der Waals surface area (Å²) in [4.78, 5) is 47.7. The van der Waals surface area contributed by atoms with Crippen molar-refractivity contribution in [2.45, 2.75) is 25.6 Å². The Morgan fingerprint density at radius 3 is 2.06 bits per heavy atom. The third-order valence-corrected chi connectivity index (χ3v) is 10.5. The number of sulfonamides is 2. The summed E-state index contributed by atoms with van der Waals surface area (Å²) in [5.41, 5.74) is -0.569. The Morgan fingerprint density at radius 1 is 0.968 bits per heavy atom. The van der Waals surface area contributed by atoms with Gasteiger partial charge in [-0.15, -0.1) is 10.2 Å². The van der Waals surface area contributed by atoms with Crippen molar-refractivity contribution in [3.63, 3.8) is 0 Å². The molecule has 0 spiro atoms. The van der Waals surface area contributed by atoms with Crippen LogP contribution < -0.4 is 34.8 Å². The van der Waals surface area contributed by atoms with Crippen LogP contribution in [-0.2, 0) is 40.3 Å². The molecule has 5 rings (SSSR count). The van der Waals surface area contributed by atoms with Crippen LogP contribution in [-0.4, -0.2) is 119 Å². The number of nitrogens with one attached hydrogen (secondary N) is 3. The molecule has 0 fully saturated rings. The lowest BCUT2D eigenvalue weighted by atomic mass is 10.2. The van der Waals surface area contributed by atoms with Gasteiger partial charge in [0.2, 0.25) is 21.8 Å². The Labute approximate surface area is 381 Å². The summed E-state index contributed by atoms with van der Waals surface area (Å²) in [5, 5.41) is 17.3. The van der Waals surface area contributed by atoms with Gasteiger partial charge in [-0.25, -0.2) is 17.8 Å². The minimum absolute atomic E-state index is 0.0111. The number of halogens is 6. The lowest BCUT2D eigenvalue weighted by Gasteiger charge is -2.14. The van der Waals surface area contributed by atoms with E-state index in [0.717, 1.165) is 16.8 Å². The fourth-order valence-electron chi connectivity index (χ4n) is 4.24. The molecule has 0 aliphatic carbocycles. The monoisotopic (exact) mass is 1050 g/mol. The van der Waals surface area contributed by atoms with Gasteiger partial charge >= 0.3 is 18.2 Å². The van der Waals surface area contributed by atoms with Crippen LogP contribution in [0.25, 0.3) is 11.5 Å². The second-order valence-electron chi connectivity index (χ2n) is 12.5. The van der Waals surface area contributed by atoms with Crippen molar-refractivity contribution in [3.05, 3.63) is 72.3 Å². The second-order valence-corrected chi connectivity index (χ2v) is 21.5. The minimum Gasteiger partial charge on any atom is -0.778 e. The normalized spacial score (nSPS) is 12.3. The van der Waals surface area contributed by atoms with Gasteiger partial charge in [0.25, 0.3) is 21.0 Å². The molecular formula is C31H39Cl4F2N10O12PS3. The van der Waals surface area contributed by atoms with Crippen molar-refractivity contribution >= 4 is 108 Å². The van der Waals surface area contributed by atoms with Gasteiger partial charge in [0.15, 0.2) is 0 Å². The number of anilines is 2. The molecule has 2 aromatic carbocycles. The van der Waals surface area contributed by atoms with Crippen molar-refractivity contribution in [3.8, 4) is 17.4 Å². The van der Waals surface area contributed by atoms with E-state index >= 15 is 0 Å². The van der Waals surface area contributed by atoms with Crippen LogP contribution in [0.1, 0.15) is 17.9 Å². The van der Waals surface area contributed by atoms with E-state index in [-0.39, 0.29) is 65.1 Å². The number of hydrogen-bond donors (Lipinski definition) is 5. The molecule has 22 nitrogen and oxygen atoms in total. The number of aryl methyl sites for hydroxylation is 2. The van der Waals surface area contributed by atoms with Gasteiger partial charge in [0.05, 0.1) is 95.3 Å². The number of carboxylic acid groups (broad SMARTS) is 1. The van der Waals surface area contributed by atoms with Crippen LogP contribution in [0, 0.1) is 13.8 Å². The largest absolute Gasteiger partial charge is 0.778 e. The predicted octanol–water partition coefficient (Wildman–Crippen LogP) is 3.63. The fourth-order valence-corrected chi connectivity index (χ4v) is 7.31. The molecule has 0 saturated heterocycles. The first-order valence-electron chi connectivity index (χ1n) is 16.6. The lowest BCUT2D eigenvalue weighted by Crippen LogP contribution is -2.25. The Kier molecular flexibility index (Phi) is 20.3. The molecule has 1 unspecified atom stereocenters. The maximum atomic E-state index is 12.8. The molecule has 5 N–H and O–H groups in total. The van der Waals surface area contributed by atoms with Gasteiger partial charge in [-0.05, 0) is 48.5 Å². The Balaban J connectivity index is 0.000000337. The fraction of sp³-hybridized carbons (Fsp3) is 0.355. The average Bonchev–Trinajstić information content (AvgIpc) is 3.72. The number of nitrogens with zero attached hydrogens (tertiary/aromatic N) is 7. The number of aromatic nitrogens is 7. The van der Waals surface area contributed by atoms with Crippen molar-refractivity contribution < 1.29 is 59.3 Å². The molecule has 0 bridgehead atoms. The third-order valence-electron chi connectivity index (χ3n) is 6.74. The van der Waals surface area contributed by atoms with Crippen LogP contribution in [0.3, 0.4) is 0 Å². The van der Waals surface area contributed by atoms with Crippen molar-refractivity contribution in [2.24, 2.45) is 0 Å². The quantitative estimate of drug-likeness (QED) is 0.0831. The smallest absolute Gasteiger partial charge is 0.355 e. The van der Waals surface area contributed by atoms with Gasteiger partial charge in [0.1, 0.15) is 13.4 Å². The van der Waals surface area contributed by atoms with Crippen molar-refractivity contribution in [2.75, 3.05) is 61.5 Å². The molecule has 0 aliphatic rings. The maximum absolute atomic E-state index is 12.8.